The Balaban J connectivity index is 5.21. The summed E-state index contributed by atoms with van der Waals surface area (Å²) in [5, 5.41) is 10.7. The van der Waals surface area contributed by atoms with Crippen molar-refractivity contribution in [3.05, 3.63) is 24.3 Å². The number of esters is 4. The second kappa shape index (κ2) is 78.4. The van der Waals surface area contributed by atoms with Gasteiger partial charge in [-0.15, -0.1) is 0 Å². The highest BCUT2D eigenvalue weighted by molar-refractivity contribution is 7.47. The van der Waals surface area contributed by atoms with Crippen molar-refractivity contribution in [1.82, 2.24) is 0 Å². The van der Waals surface area contributed by atoms with Crippen LogP contribution in [0.1, 0.15) is 447 Å². The standard InChI is InChI=1S/C89H170O17P2/c1-8-11-12-13-14-15-16-17-26-34-39-44-49-58-65-72-88(93)105-84(76-99-86(91)70-63-56-48-43-38-33-29-24-20-18-22-27-31-36-41-46-53-60-67-80(4)5)78-103-107(95,96)101-74-83(90)75-102-108(97,98)104-79-85(77-100-87(92)71-64-57-52-51-55-62-69-82(7)10-3)106-89(94)73-66-59-50-45-40-35-30-25-21-19-23-28-32-37-42-47-54-61-68-81(6)9-2/h15-17,26,80-85,90H,8-14,18-25,27-79H2,1-7H3,(H,95,96)(H,97,98)/b16-15-,26-17-/t81?,82?,83-,84-,85-/m1/s1. The van der Waals surface area contributed by atoms with Gasteiger partial charge < -0.3 is 33.8 Å². The molecule has 17 nitrogen and oxygen atoms in total. The van der Waals surface area contributed by atoms with Gasteiger partial charge in [-0.25, -0.2) is 9.13 Å². The molecule has 0 aromatic rings. The zero-order valence-corrected chi connectivity index (χ0v) is 72.6. The second-order valence-corrected chi connectivity index (χ2v) is 35.2. The van der Waals surface area contributed by atoms with Gasteiger partial charge in [-0.05, 0) is 69.1 Å². The fourth-order valence-corrected chi connectivity index (χ4v) is 14.9. The van der Waals surface area contributed by atoms with E-state index in [0.29, 0.717) is 25.7 Å². The van der Waals surface area contributed by atoms with E-state index in [9.17, 15) is 43.2 Å². The first-order valence-corrected chi connectivity index (χ1v) is 48.2. The Labute approximate surface area is 663 Å². The Hall–Kier alpha value is -2.46. The highest BCUT2D eigenvalue weighted by Gasteiger charge is 2.31. The molecule has 0 amide bonds. The summed E-state index contributed by atoms with van der Waals surface area (Å²) in [7, 11) is -9.94. The molecule has 7 atom stereocenters. The number of unbranched alkanes of at least 4 members (excludes halogenated alkanes) is 48. The summed E-state index contributed by atoms with van der Waals surface area (Å²) >= 11 is 0. The smallest absolute Gasteiger partial charge is 0.462 e. The van der Waals surface area contributed by atoms with Crippen LogP contribution in [0.25, 0.3) is 0 Å². The molecule has 0 heterocycles. The molecule has 0 aromatic carbocycles. The molecular formula is C89H170O17P2. The number of allylic oxidation sites excluding steroid dienone is 4. The number of aliphatic hydroxyl groups is 1. The van der Waals surface area contributed by atoms with Crippen LogP contribution in [0.15, 0.2) is 24.3 Å². The van der Waals surface area contributed by atoms with Gasteiger partial charge in [0.05, 0.1) is 26.4 Å². The SMILES string of the molecule is CCCCCC/C=C\C=C/CCCCCCCC(=O)O[C@H](COC(=O)CCCCCCCCCCCCCCCCCCCCC(C)C)COP(=O)(O)OC[C@@H](O)COP(=O)(O)OC[C@@H](COC(=O)CCCCCCCCC(C)CC)OC(=O)CCCCCCCCCCCCCCCCCCCCC(C)CC. The predicted octanol–water partition coefficient (Wildman–Crippen LogP) is 26.8. The molecule has 3 N–H and O–H groups in total. The van der Waals surface area contributed by atoms with Gasteiger partial charge in [0.25, 0.3) is 0 Å². The zero-order chi connectivity index (χ0) is 79.3. The molecule has 0 bridgehead atoms. The molecule has 19 heteroatoms. The van der Waals surface area contributed by atoms with Crippen LogP contribution in [0.3, 0.4) is 0 Å². The molecule has 0 spiro atoms. The quantitative estimate of drug-likeness (QED) is 0.0169. The number of carbonyl (C=O) groups is 4. The lowest BCUT2D eigenvalue weighted by Gasteiger charge is -2.21. The van der Waals surface area contributed by atoms with E-state index < -0.39 is 97.5 Å². The molecule has 0 fully saturated rings. The highest BCUT2D eigenvalue weighted by Crippen LogP contribution is 2.45. The summed E-state index contributed by atoms with van der Waals surface area (Å²) in [6.07, 6.45) is 73.1. The summed E-state index contributed by atoms with van der Waals surface area (Å²) in [4.78, 5) is 73.3. The van der Waals surface area contributed by atoms with Gasteiger partial charge >= 0.3 is 39.5 Å². The maximum atomic E-state index is 13.1. The first-order chi connectivity index (χ1) is 52.3. The largest absolute Gasteiger partial charge is 0.472 e. The number of phosphoric acid groups is 2. The molecule has 108 heavy (non-hydrogen) atoms. The molecular weight excluding hydrogens is 1400 g/mol. The summed E-state index contributed by atoms with van der Waals surface area (Å²) in [6.45, 7) is 12.0. The van der Waals surface area contributed by atoms with Crippen molar-refractivity contribution in [2.75, 3.05) is 39.6 Å². The number of hydrogen-bond donors (Lipinski definition) is 3. The fraction of sp³-hybridized carbons (Fsp3) is 0.910. The van der Waals surface area contributed by atoms with E-state index >= 15 is 0 Å². The first-order valence-electron chi connectivity index (χ1n) is 45.2. The minimum atomic E-state index is -4.97. The van der Waals surface area contributed by atoms with Crippen LogP contribution in [-0.4, -0.2) is 96.7 Å². The number of ether oxygens (including phenoxy) is 4. The van der Waals surface area contributed by atoms with Crippen LogP contribution in [0, 0.1) is 17.8 Å². The molecule has 0 aliphatic carbocycles. The lowest BCUT2D eigenvalue weighted by atomic mass is 9.99. The second-order valence-electron chi connectivity index (χ2n) is 32.3. The third kappa shape index (κ3) is 78.8. The van der Waals surface area contributed by atoms with Crippen molar-refractivity contribution in [1.29, 1.82) is 0 Å². The van der Waals surface area contributed by atoms with Crippen LogP contribution >= 0.6 is 15.6 Å². The van der Waals surface area contributed by atoms with Crippen molar-refractivity contribution in [2.24, 2.45) is 17.8 Å². The minimum Gasteiger partial charge on any atom is -0.462 e. The van der Waals surface area contributed by atoms with Gasteiger partial charge in [0.2, 0.25) is 0 Å². The Morgan fingerprint density at radius 3 is 0.824 bits per heavy atom. The third-order valence-electron chi connectivity index (χ3n) is 21.0. The molecule has 0 radical (unpaired) electrons. The number of rotatable bonds is 85. The topological polar surface area (TPSA) is 237 Å². The fourth-order valence-electron chi connectivity index (χ4n) is 13.3. The van der Waals surface area contributed by atoms with Crippen molar-refractivity contribution >= 4 is 39.5 Å². The predicted molar refractivity (Wildman–Crippen MR) is 446 cm³/mol. The molecule has 0 aromatic heterocycles. The lowest BCUT2D eigenvalue weighted by Crippen LogP contribution is -2.30. The van der Waals surface area contributed by atoms with E-state index in [-0.39, 0.29) is 25.7 Å². The van der Waals surface area contributed by atoms with Crippen molar-refractivity contribution in [3.63, 3.8) is 0 Å². The Bertz CT molecular complexity index is 2180. The van der Waals surface area contributed by atoms with Crippen LogP contribution in [0.5, 0.6) is 0 Å². The van der Waals surface area contributed by atoms with E-state index in [2.05, 4.69) is 72.8 Å². The normalized spacial score (nSPS) is 14.5. The molecule has 638 valence electrons. The van der Waals surface area contributed by atoms with Crippen LogP contribution in [0.4, 0.5) is 0 Å². The molecule has 0 rings (SSSR count). The number of carbonyl (C=O) groups excluding carboxylic acids is 4. The average Bonchev–Trinajstić information content (AvgIpc) is 0.901. The van der Waals surface area contributed by atoms with Gasteiger partial charge in [0, 0.05) is 25.7 Å². The van der Waals surface area contributed by atoms with Gasteiger partial charge in [0.1, 0.15) is 19.3 Å². The van der Waals surface area contributed by atoms with E-state index in [1.165, 1.54) is 238 Å². The monoisotopic (exact) mass is 1570 g/mol. The molecule has 0 aliphatic rings. The summed E-state index contributed by atoms with van der Waals surface area (Å²) < 4.78 is 68.9. The van der Waals surface area contributed by atoms with Gasteiger partial charge in [-0.3, -0.25) is 37.3 Å². The van der Waals surface area contributed by atoms with Crippen molar-refractivity contribution in [2.45, 2.75) is 465 Å². The molecule has 0 saturated heterocycles. The third-order valence-corrected chi connectivity index (χ3v) is 22.9. The molecule has 4 unspecified atom stereocenters. The average molecular weight is 1570 g/mol. The number of aliphatic hydroxyl groups excluding tert-OH is 1. The van der Waals surface area contributed by atoms with E-state index in [1.54, 1.807) is 0 Å². The summed E-state index contributed by atoms with van der Waals surface area (Å²) in [6, 6.07) is 0. The highest BCUT2D eigenvalue weighted by atomic mass is 31.2. The van der Waals surface area contributed by atoms with Gasteiger partial charge in [-0.2, -0.15) is 0 Å². The Morgan fingerprint density at radius 1 is 0.306 bits per heavy atom. The minimum absolute atomic E-state index is 0.0854. The number of hydrogen-bond acceptors (Lipinski definition) is 15. The lowest BCUT2D eigenvalue weighted by molar-refractivity contribution is -0.161. The molecule has 0 aliphatic heterocycles. The Kier molecular flexibility index (Phi) is 76.6. The van der Waals surface area contributed by atoms with Crippen LogP contribution in [-0.2, 0) is 65.4 Å². The van der Waals surface area contributed by atoms with Gasteiger partial charge in [-0.1, -0.05) is 394 Å². The summed E-state index contributed by atoms with van der Waals surface area (Å²) in [5.74, 6) is 0.286. The maximum Gasteiger partial charge on any atom is 0.472 e. The maximum absolute atomic E-state index is 13.1. The van der Waals surface area contributed by atoms with Crippen LogP contribution < -0.4 is 0 Å². The van der Waals surface area contributed by atoms with Crippen molar-refractivity contribution in [3.8, 4) is 0 Å². The zero-order valence-electron chi connectivity index (χ0n) is 70.8. The van der Waals surface area contributed by atoms with E-state index in [1.807, 2.05) is 0 Å². The molecule has 0 saturated carbocycles. The van der Waals surface area contributed by atoms with E-state index in [4.69, 9.17) is 37.0 Å². The van der Waals surface area contributed by atoms with Gasteiger partial charge in [0.15, 0.2) is 12.2 Å². The Morgan fingerprint density at radius 2 is 0.546 bits per heavy atom. The first kappa shape index (κ1) is 106. The number of phosphoric ester groups is 2. The van der Waals surface area contributed by atoms with Crippen LogP contribution in [0.2, 0.25) is 0 Å². The van der Waals surface area contributed by atoms with Crippen molar-refractivity contribution < 1.29 is 80.2 Å². The summed E-state index contributed by atoms with van der Waals surface area (Å²) in [5.41, 5.74) is 0. The van der Waals surface area contributed by atoms with E-state index in [0.717, 1.165) is 127 Å².